The van der Waals surface area contributed by atoms with Gasteiger partial charge in [0.05, 0.1) is 0 Å². The number of benzene rings is 5. The van der Waals surface area contributed by atoms with E-state index in [4.69, 9.17) is 4.42 Å². The maximum absolute atomic E-state index is 6.11. The van der Waals surface area contributed by atoms with Gasteiger partial charge in [0.25, 0.3) is 0 Å². The molecule has 3 aromatic heterocycles. The number of aryl methyl sites for hydroxylation is 1. The minimum Gasteiger partial charge on any atom is -0.456 e. The molecule has 0 unspecified atom stereocenters. The van der Waals surface area contributed by atoms with Crippen molar-refractivity contribution in [3.8, 4) is 33.6 Å². The fraction of sp³-hybridized carbons (Fsp3) is 0.116. The molecule has 1 radical (unpaired) electrons. The summed E-state index contributed by atoms with van der Waals surface area (Å²) in [4.78, 5) is 8.96. The molecule has 0 aliphatic heterocycles. The van der Waals surface area contributed by atoms with Crippen molar-refractivity contribution in [2.75, 3.05) is 0 Å². The number of hydrogen-bond donors (Lipinski definition) is 0. The molecule has 0 spiro atoms. The molecule has 0 N–H and O–H groups in total. The minimum absolute atomic E-state index is 0. The summed E-state index contributed by atoms with van der Waals surface area (Å²) in [5, 5.41) is 4.75. The Morgan fingerprint density at radius 2 is 1.43 bits per heavy atom. The summed E-state index contributed by atoms with van der Waals surface area (Å²) in [6.45, 7) is 8.71. The monoisotopic (exact) mass is 787 g/mol. The summed E-state index contributed by atoms with van der Waals surface area (Å²) < 4.78 is 6.11. The summed E-state index contributed by atoms with van der Waals surface area (Å²) in [6, 6.07) is 48.1. The Labute approximate surface area is 289 Å². The Hall–Kier alpha value is -4.89. The van der Waals surface area contributed by atoms with Gasteiger partial charge in [0.1, 0.15) is 11.2 Å². The number of fused-ring (bicyclic) bond motifs is 5. The van der Waals surface area contributed by atoms with Crippen LogP contribution < -0.4 is 0 Å². The second-order valence-electron chi connectivity index (χ2n) is 12.6. The molecule has 8 aromatic rings. The molecule has 0 fully saturated rings. The molecule has 0 atom stereocenters. The third kappa shape index (κ3) is 6.67. The zero-order chi connectivity index (χ0) is 31.7. The Morgan fingerprint density at radius 3 is 2.21 bits per heavy atom. The van der Waals surface area contributed by atoms with Crippen molar-refractivity contribution in [3.63, 3.8) is 0 Å². The van der Waals surface area contributed by atoms with Gasteiger partial charge < -0.3 is 14.4 Å². The van der Waals surface area contributed by atoms with Crippen LogP contribution in [0.2, 0.25) is 0 Å². The molecule has 0 saturated carbocycles. The van der Waals surface area contributed by atoms with E-state index in [1.807, 2.05) is 67.8 Å². The van der Waals surface area contributed by atoms with Gasteiger partial charge in [-0.2, -0.15) is 0 Å². The van der Waals surface area contributed by atoms with E-state index in [-0.39, 0.29) is 25.5 Å². The first-order chi connectivity index (χ1) is 22.3. The molecule has 5 aromatic carbocycles. The standard InChI is InChI=1S/C31H24NO.C12H10N.Ir/c1-31(2,3)22-16-17-32-27(19-22)21-9-6-8-20(18-21)23-11-7-12-25-24(23)14-15-29-30(25)26-10-4-5-13-28(26)33-29;1-10-7-8-12(13-9-10)11-5-3-2-4-6-11;/h4-8,10-19H,1-3H3;2-5,7-9H,1H3;/q2*-1;. The largest absolute Gasteiger partial charge is 0.456 e. The third-order valence-corrected chi connectivity index (χ3v) is 8.31. The number of furan rings is 1. The van der Waals surface area contributed by atoms with Crippen molar-refractivity contribution in [2.24, 2.45) is 0 Å². The van der Waals surface area contributed by atoms with Gasteiger partial charge in [-0.05, 0) is 69.4 Å². The van der Waals surface area contributed by atoms with Crippen molar-refractivity contribution < 1.29 is 24.5 Å². The van der Waals surface area contributed by atoms with Crippen LogP contribution in [0.1, 0.15) is 31.9 Å². The maximum Gasteiger partial charge on any atom is 0.136 e. The molecule has 233 valence electrons. The van der Waals surface area contributed by atoms with Gasteiger partial charge in [-0.15, -0.1) is 71.3 Å². The predicted molar refractivity (Wildman–Crippen MR) is 191 cm³/mol. The molecule has 0 amide bonds. The normalized spacial score (nSPS) is 11.2. The fourth-order valence-electron chi connectivity index (χ4n) is 5.84. The SMILES string of the molecule is CC(C)(C)c1ccnc(-c2[c-]ccc(-c3cccc4c3ccc3oc5ccccc5c34)c2)c1.Cc1ccc(-c2[c-]cccc2)nc1.[Ir]. The second-order valence-corrected chi connectivity index (χ2v) is 12.6. The number of hydrogen-bond acceptors (Lipinski definition) is 3. The molecule has 3 nitrogen and oxygen atoms in total. The molecule has 3 heterocycles. The van der Waals surface area contributed by atoms with E-state index >= 15 is 0 Å². The van der Waals surface area contributed by atoms with E-state index in [9.17, 15) is 0 Å². The van der Waals surface area contributed by atoms with Gasteiger partial charge in [0.2, 0.25) is 0 Å². The van der Waals surface area contributed by atoms with Crippen molar-refractivity contribution in [1.29, 1.82) is 0 Å². The smallest absolute Gasteiger partial charge is 0.136 e. The topological polar surface area (TPSA) is 38.9 Å². The molecule has 47 heavy (non-hydrogen) atoms. The first-order valence-electron chi connectivity index (χ1n) is 15.6. The summed E-state index contributed by atoms with van der Waals surface area (Å²) in [7, 11) is 0. The summed E-state index contributed by atoms with van der Waals surface area (Å²) >= 11 is 0. The van der Waals surface area contributed by atoms with E-state index in [0.717, 1.165) is 44.6 Å². The van der Waals surface area contributed by atoms with Gasteiger partial charge in [-0.1, -0.05) is 81.4 Å². The van der Waals surface area contributed by atoms with Crippen LogP contribution in [0.25, 0.3) is 66.4 Å². The zero-order valence-electron chi connectivity index (χ0n) is 26.8. The summed E-state index contributed by atoms with van der Waals surface area (Å²) in [5.74, 6) is 0. The molecule has 4 heteroatoms. The number of rotatable bonds is 3. The first-order valence-corrected chi connectivity index (χ1v) is 15.6. The van der Waals surface area contributed by atoms with Gasteiger partial charge in [-0.25, -0.2) is 0 Å². The fourth-order valence-corrected chi connectivity index (χ4v) is 5.84. The van der Waals surface area contributed by atoms with E-state index in [2.05, 4.69) is 116 Å². The summed E-state index contributed by atoms with van der Waals surface area (Å²) in [6.07, 6.45) is 3.77. The van der Waals surface area contributed by atoms with E-state index < -0.39 is 0 Å². The van der Waals surface area contributed by atoms with Crippen LogP contribution in [0.5, 0.6) is 0 Å². The van der Waals surface area contributed by atoms with E-state index in [1.54, 1.807) is 0 Å². The van der Waals surface area contributed by atoms with Crippen molar-refractivity contribution >= 4 is 32.7 Å². The Morgan fingerprint density at radius 1 is 0.617 bits per heavy atom. The van der Waals surface area contributed by atoms with E-state index in [1.165, 1.54) is 32.8 Å². The predicted octanol–water partition coefficient (Wildman–Crippen LogP) is 11.4. The maximum atomic E-state index is 6.11. The van der Waals surface area contributed by atoms with E-state index in [0.29, 0.717) is 0 Å². The zero-order valence-corrected chi connectivity index (χ0v) is 29.2. The van der Waals surface area contributed by atoms with Crippen molar-refractivity contribution in [1.82, 2.24) is 9.97 Å². The number of aromatic nitrogens is 2. The van der Waals surface area contributed by atoms with Crippen LogP contribution in [0.3, 0.4) is 0 Å². The summed E-state index contributed by atoms with van der Waals surface area (Å²) in [5.41, 5.74) is 10.7. The molecule has 8 rings (SSSR count). The van der Waals surface area contributed by atoms with Gasteiger partial charge in [-0.3, -0.25) is 0 Å². The average molecular weight is 787 g/mol. The molecule has 0 aliphatic carbocycles. The van der Waals surface area contributed by atoms with Crippen LogP contribution in [-0.4, -0.2) is 9.97 Å². The van der Waals surface area contributed by atoms with Crippen LogP contribution in [0, 0.1) is 19.1 Å². The quantitative estimate of drug-likeness (QED) is 0.167. The van der Waals surface area contributed by atoms with Crippen molar-refractivity contribution in [3.05, 3.63) is 157 Å². The van der Waals surface area contributed by atoms with Crippen LogP contribution >= 0.6 is 0 Å². The average Bonchev–Trinajstić information content (AvgIpc) is 3.48. The van der Waals surface area contributed by atoms with Gasteiger partial charge >= 0.3 is 0 Å². The van der Waals surface area contributed by atoms with Gasteiger partial charge in [0, 0.05) is 43.3 Å². The molecule has 0 aliphatic rings. The van der Waals surface area contributed by atoms with Crippen LogP contribution in [0.4, 0.5) is 0 Å². The Balaban J connectivity index is 0.000000232. The minimum atomic E-state index is 0. The van der Waals surface area contributed by atoms with Crippen LogP contribution in [-0.2, 0) is 25.5 Å². The number of pyridine rings is 2. The first kappa shape index (κ1) is 32.1. The Kier molecular flexibility index (Phi) is 9.18. The van der Waals surface area contributed by atoms with Gasteiger partial charge in [0.15, 0.2) is 0 Å². The number of nitrogens with zero attached hydrogens (tertiary/aromatic N) is 2. The molecular formula is C43H34IrN2O-2. The Bertz CT molecular complexity index is 2300. The second kappa shape index (κ2) is 13.5. The van der Waals surface area contributed by atoms with Crippen molar-refractivity contribution in [2.45, 2.75) is 33.1 Å². The third-order valence-electron chi connectivity index (χ3n) is 8.31. The molecular weight excluding hydrogens is 753 g/mol. The van der Waals surface area contributed by atoms with Crippen LogP contribution in [0.15, 0.2) is 138 Å². The molecule has 0 bridgehead atoms. The number of para-hydroxylation sites is 1. The molecule has 0 saturated heterocycles.